The van der Waals surface area contributed by atoms with Crippen LogP contribution >= 0.6 is 0 Å². The average molecular weight is 260 g/mol. The summed E-state index contributed by atoms with van der Waals surface area (Å²) in [6.45, 7) is 6.62. The van der Waals surface area contributed by atoms with Crippen molar-refractivity contribution < 1.29 is 19.0 Å². The van der Waals surface area contributed by atoms with Gasteiger partial charge >= 0.3 is 0 Å². The number of nitrogens with one attached hydrogen (secondary N) is 1. The maximum absolute atomic E-state index is 11.2. The molecule has 1 saturated heterocycles. The number of rotatable bonds is 8. The van der Waals surface area contributed by atoms with Crippen LogP contribution in [0.4, 0.5) is 0 Å². The van der Waals surface area contributed by atoms with Crippen molar-refractivity contribution in [3.63, 3.8) is 0 Å². The van der Waals surface area contributed by atoms with Gasteiger partial charge < -0.3 is 14.2 Å². The minimum Gasteiger partial charge on any atom is -0.379 e. The van der Waals surface area contributed by atoms with Crippen LogP contribution in [0, 0.1) is 5.92 Å². The van der Waals surface area contributed by atoms with E-state index in [-0.39, 0.29) is 12.0 Å². The molecule has 1 fully saturated rings. The molecule has 3 N–H and O–H groups in total. The number of hydrazine groups is 1. The summed E-state index contributed by atoms with van der Waals surface area (Å²) in [5, 5.41) is 0. The number of carbonyl (C=O) groups is 1. The van der Waals surface area contributed by atoms with E-state index in [1.54, 1.807) is 0 Å². The van der Waals surface area contributed by atoms with Crippen LogP contribution in [0.1, 0.15) is 26.7 Å². The lowest BCUT2D eigenvalue weighted by Crippen LogP contribution is -2.39. The van der Waals surface area contributed by atoms with E-state index in [0.717, 1.165) is 13.0 Å². The molecule has 0 aromatic rings. The Labute approximate surface area is 108 Å². The van der Waals surface area contributed by atoms with Crippen LogP contribution in [0.15, 0.2) is 0 Å². The molecule has 106 valence electrons. The Kier molecular flexibility index (Phi) is 7.19. The van der Waals surface area contributed by atoms with Crippen LogP contribution in [-0.4, -0.2) is 44.5 Å². The predicted octanol–water partition coefficient (Wildman–Crippen LogP) is 0.213. The molecule has 2 unspecified atom stereocenters. The van der Waals surface area contributed by atoms with Crippen LogP contribution in [0.5, 0.6) is 0 Å². The van der Waals surface area contributed by atoms with Gasteiger partial charge in [0.2, 0.25) is 0 Å². The molecule has 1 heterocycles. The van der Waals surface area contributed by atoms with Crippen molar-refractivity contribution >= 4 is 5.91 Å². The highest BCUT2D eigenvalue weighted by Crippen LogP contribution is 2.19. The maximum atomic E-state index is 11.2. The molecule has 1 aliphatic rings. The van der Waals surface area contributed by atoms with Gasteiger partial charge in [-0.2, -0.15) is 0 Å². The zero-order chi connectivity index (χ0) is 13.4. The van der Waals surface area contributed by atoms with Gasteiger partial charge in [0.25, 0.3) is 5.91 Å². The molecular weight excluding hydrogens is 236 g/mol. The second-order valence-corrected chi connectivity index (χ2v) is 4.88. The van der Waals surface area contributed by atoms with E-state index in [1.165, 1.54) is 0 Å². The molecule has 1 rings (SSSR count). The van der Waals surface area contributed by atoms with Gasteiger partial charge in [-0.15, -0.1) is 0 Å². The Hall–Kier alpha value is -0.690. The number of carbonyl (C=O) groups excluding carboxylic acids is 1. The number of ether oxygens (including phenoxy) is 3. The van der Waals surface area contributed by atoms with Crippen molar-refractivity contribution in [1.82, 2.24) is 5.43 Å². The molecule has 2 atom stereocenters. The first-order valence-electron chi connectivity index (χ1n) is 6.45. The summed E-state index contributed by atoms with van der Waals surface area (Å²) in [6, 6.07) is 0. The number of amides is 1. The summed E-state index contributed by atoms with van der Waals surface area (Å²) < 4.78 is 16.3. The number of hydrogen-bond acceptors (Lipinski definition) is 5. The van der Waals surface area contributed by atoms with Gasteiger partial charge in [0.15, 0.2) is 0 Å². The average Bonchev–Trinajstić information content (AvgIpc) is 2.81. The van der Waals surface area contributed by atoms with Gasteiger partial charge in [-0.1, -0.05) is 13.8 Å². The lowest BCUT2D eigenvalue weighted by Gasteiger charge is -2.13. The first-order chi connectivity index (χ1) is 8.63. The molecule has 6 heteroatoms. The summed E-state index contributed by atoms with van der Waals surface area (Å²) in [7, 11) is 0. The van der Waals surface area contributed by atoms with E-state index >= 15 is 0 Å². The smallest absolute Gasteiger partial charge is 0.263 e. The van der Waals surface area contributed by atoms with Gasteiger partial charge in [-0.25, -0.2) is 5.84 Å². The second kappa shape index (κ2) is 8.42. The molecule has 18 heavy (non-hydrogen) atoms. The SMILES string of the molecule is CC(C)COCCOCC1CCC(C(=O)NN)O1. The molecule has 0 spiro atoms. The third-order valence-corrected chi connectivity index (χ3v) is 2.67. The minimum absolute atomic E-state index is 0.0163. The molecule has 0 aromatic heterocycles. The van der Waals surface area contributed by atoms with Crippen LogP contribution in [0.2, 0.25) is 0 Å². The fraction of sp³-hybridized carbons (Fsp3) is 0.917. The normalized spacial score (nSPS) is 23.6. The molecule has 0 aliphatic carbocycles. The third kappa shape index (κ3) is 5.77. The predicted molar refractivity (Wildman–Crippen MR) is 66.7 cm³/mol. The van der Waals surface area contributed by atoms with E-state index in [2.05, 4.69) is 19.3 Å². The Bertz CT molecular complexity index is 248. The summed E-state index contributed by atoms with van der Waals surface area (Å²) >= 11 is 0. The molecule has 0 bridgehead atoms. The highest BCUT2D eigenvalue weighted by Gasteiger charge is 2.30. The largest absolute Gasteiger partial charge is 0.379 e. The fourth-order valence-electron chi connectivity index (χ4n) is 1.77. The Morgan fingerprint density at radius 3 is 2.78 bits per heavy atom. The molecule has 1 amide bonds. The topological polar surface area (TPSA) is 82.8 Å². The van der Waals surface area contributed by atoms with Crippen molar-refractivity contribution in [2.75, 3.05) is 26.4 Å². The van der Waals surface area contributed by atoms with Crippen molar-refractivity contribution in [1.29, 1.82) is 0 Å². The monoisotopic (exact) mass is 260 g/mol. The van der Waals surface area contributed by atoms with Crippen LogP contribution in [0.25, 0.3) is 0 Å². The second-order valence-electron chi connectivity index (χ2n) is 4.88. The highest BCUT2D eigenvalue weighted by atomic mass is 16.6. The summed E-state index contributed by atoms with van der Waals surface area (Å²) in [4.78, 5) is 11.2. The fourth-order valence-corrected chi connectivity index (χ4v) is 1.77. The van der Waals surface area contributed by atoms with E-state index < -0.39 is 6.10 Å². The molecule has 0 saturated carbocycles. The Morgan fingerprint density at radius 2 is 2.11 bits per heavy atom. The molecule has 6 nitrogen and oxygen atoms in total. The quantitative estimate of drug-likeness (QED) is 0.282. The van der Waals surface area contributed by atoms with E-state index in [4.69, 9.17) is 20.1 Å². The highest BCUT2D eigenvalue weighted by molar-refractivity contribution is 5.80. The van der Waals surface area contributed by atoms with Gasteiger partial charge in [0, 0.05) is 6.61 Å². The van der Waals surface area contributed by atoms with Crippen molar-refractivity contribution in [3.05, 3.63) is 0 Å². The van der Waals surface area contributed by atoms with Crippen LogP contribution in [0.3, 0.4) is 0 Å². The molecule has 1 aliphatic heterocycles. The standard InChI is InChI=1S/C12H24N2O4/c1-9(2)7-16-5-6-17-8-10-3-4-11(18-10)12(15)14-13/h9-11H,3-8,13H2,1-2H3,(H,14,15). The number of nitrogens with two attached hydrogens (primary N) is 1. The Morgan fingerprint density at radius 1 is 1.39 bits per heavy atom. The third-order valence-electron chi connectivity index (χ3n) is 2.67. The minimum atomic E-state index is -0.430. The zero-order valence-corrected chi connectivity index (χ0v) is 11.2. The van der Waals surface area contributed by atoms with Crippen LogP contribution in [-0.2, 0) is 19.0 Å². The number of hydrogen-bond donors (Lipinski definition) is 2. The van der Waals surface area contributed by atoms with Gasteiger partial charge in [-0.3, -0.25) is 10.2 Å². The van der Waals surface area contributed by atoms with Crippen LogP contribution < -0.4 is 11.3 Å². The van der Waals surface area contributed by atoms with Gasteiger partial charge in [0.1, 0.15) is 6.10 Å². The lowest BCUT2D eigenvalue weighted by molar-refractivity contribution is -0.133. The van der Waals surface area contributed by atoms with Gasteiger partial charge in [0.05, 0.1) is 25.9 Å². The lowest BCUT2D eigenvalue weighted by atomic mass is 10.2. The first kappa shape index (κ1) is 15.4. The van der Waals surface area contributed by atoms with Crippen molar-refractivity contribution in [2.45, 2.75) is 38.9 Å². The van der Waals surface area contributed by atoms with E-state index in [9.17, 15) is 4.79 Å². The van der Waals surface area contributed by atoms with E-state index in [1.807, 2.05) is 0 Å². The molecular formula is C12H24N2O4. The summed E-state index contributed by atoms with van der Waals surface area (Å²) in [6.07, 6.45) is 1.07. The van der Waals surface area contributed by atoms with Crippen molar-refractivity contribution in [3.8, 4) is 0 Å². The summed E-state index contributed by atoms with van der Waals surface area (Å²) in [5.74, 6) is 5.32. The van der Waals surface area contributed by atoms with Crippen molar-refractivity contribution in [2.24, 2.45) is 11.8 Å². The molecule has 0 aromatic carbocycles. The first-order valence-corrected chi connectivity index (χ1v) is 6.45. The molecule has 0 radical (unpaired) electrons. The summed E-state index contributed by atoms with van der Waals surface area (Å²) in [5.41, 5.74) is 2.10. The van der Waals surface area contributed by atoms with E-state index in [0.29, 0.717) is 32.2 Å². The Balaban J connectivity index is 1.99. The maximum Gasteiger partial charge on any atom is 0.263 e. The van der Waals surface area contributed by atoms with Gasteiger partial charge in [-0.05, 0) is 18.8 Å². The zero-order valence-electron chi connectivity index (χ0n) is 11.2.